The van der Waals surface area contributed by atoms with Crippen molar-refractivity contribution in [1.29, 1.82) is 0 Å². The molecule has 4 rings (SSSR count). The van der Waals surface area contributed by atoms with E-state index in [2.05, 4.69) is 40.7 Å². The lowest BCUT2D eigenvalue weighted by molar-refractivity contribution is -0.0647. The number of allylic oxidation sites excluding steroid dienone is 1. The van der Waals surface area contributed by atoms with Crippen molar-refractivity contribution in [2.45, 2.75) is 144 Å². The van der Waals surface area contributed by atoms with Gasteiger partial charge < -0.3 is 9.84 Å². The van der Waals surface area contributed by atoms with E-state index in [4.69, 9.17) is 9.29 Å². The number of ether oxygens (including phenoxy) is 1. The summed E-state index contributed by atoms with van der Waals surface area (Å²) < 4.78 is 37.8. The normalized spacial score (nSPS) is 37.2. The van der Waals surface area contributed by atoms with Crippen LogP contribution in [0.5, 0.6) is 0 Å². The highest BCUT2D eigenvalue weighted by Gasteiger charge is 2.59. The van der Waals surface area contributed by atoms with Gasteiger partial charge >= 0.3 is 0 Å². The van der Waals surface area contributed by atoms with Crippen molar-refractivity contribution < 1.29 is 22.8 Å². The van der Waals surface area contributed by atoms with E-state index in [1.165, 1.54) is 57.8 Å². The molecule has 3 saturated carbocycles. The first-order valence-corrected chi connectivity index (χ1v) is 18.6. The molecule has 1 unspecified atom stereocenters. The summed E-state index contributed by atoms with van der Waals surface area (Å²) in [5, 5.41) is 10.3. The van der Waals surface area contributed by atoms with Crippen LogP contribution in [-0.4, -0.2) is 42.6 Å². The lowest BCUT2D eigenvalue weighted by Crippen LogP contribution is -2.51. The Morgan fingerprint density at radius 1 is 1.02 bits per heavy atom. The maximum Gasteiger partial charge on any atom is 0.267 e. The molecular formula is C35H62O5S. The Morgan fingerprint density at radius 2 is 1.76 bits per heavy atom. The molecule has 4 aliphatic carbocycles. The van der Waals surface area contributed by atoms with Gasteiger partial charge in [0.25, 0.3) is 10.1 Å². The zero-order chi connectivity index (χ0) is 30.2. The fourth-order valence-electron chi connectivity index (χ4n) is 10.2. The minimum Gasteiger partial charge on any atom is -0.391 e. The van der Waals surface area contributed by atoms with Crippen molar-refractivity contribution in [3.8, 4) is 0 Å². The van der Waals surface area contributed by atoms with E-state index in [1.54, 1.807) is 5.57 Å². The first kappa shape index (κ1) is 33.5. The molecule has 0 radical (unpaired) electrons. The highest BCUT2D eigenvalue weighted by Crippen LogP contribution is 2.67. The molecule has 0 heterocycles. The molecule has 0 saturated heterocycles. The summed E-state index contributed by atoms with van der Waals surface area (Å²) >= 11 is 0. The Balaban J connectivity index is 1.31. The number of fused-ring (bicyclic) bond motifs is 5. The van der Waals surface area contributed by atoms with Crippen LogP contribution in [0.2, 0.25) is 0 Å². The van der Waals surface area contributed by atoms with E-state index < -0.39 is 27.4 Å². The van der Waals surface area contributed by atoms with Crippen LogP contribution >= 0.6 is 0 Å². The molecule has 41 heavy (non-hydrogen) atoms. The number of aliphatic hydroxyl groups excluding tert-OH is 1. The van der Waals surface area contributed by atoms with Crippen LogP contribution in [0.25, 0.3) is 0 Å². The van der Waals surface area contributed by atoms with Crippen LogP contribution in [-0.2, 0) is 14.9 Å². The molecule has 0 aromatic heterocycles. The maximum atomic E-state index is 11.2. The second kappa shape index (κ2) is 12.9. The van der Waals surface area contributed by atoms with E-state index >= 15 is 0 Å². The van der Waals surface area contributed by atoms with E-state index in [9.17, 15) is 13.5 Å². The summed E-state index contributed by atoms with van der Waals surface area (Å²) in [5.74, 6) is 4.53. The monoisotopic (exact) mass is 594 g/mol. The third-order valence-electron chi connectivity index (χ3n) is 12.8. The SMILES string of the molecule is CC(C)CCC[C@@H](C)[C@H]1CC[C@H]2[C@@H]3CC=C4C[C@@H](OCCCC(C)(C)C(O)CS(=O)(=O)O)CC[C@]4(C)[C@H]3CC[C@]12C. The summed E-state index contributed by atoms with van der Waals surface area (Å²) in [7, 11) is -4.19. The Bertz CT molecular complexity index is 1020. The standard InChI is InChI=1S/C35H62O5S/c1-24(2)10-8-11-25(3)29-14-15-30-28-13-12-26-22-27(16-19-34(26,6)31(28)17-20-35(29,30)7)40-21-9-18-33(4,5)32(36)23-41(37,38)39/h12,24-25,27-32,36H,8-11,13-23H2,1-7H3,(H,37,38,39)/t25-,27+,28+,29-,30+,31+,32?,34+,35-/m1/s1. The third kappa shape index (κ3) is 7.45. The second-order valence-electron chi connectivity index (χ2n) is 16.4. The van der Waals surface area contributed by atoms with E-state index in [0.717, 1.165) is 54.8 Å². The van der Waals surface area contributed by atoms with Gasteiger partial charge in [-0.1, -0.05) is 79.4 Å². The van der Waals surface area contributed by atoms with Gasteiger partial charge in [0, 0.05) is 6.61 Å². The molecule has 0 bridgehead atoms. The van der Waals surface area contributed by atoms with Gasteiger partial charge in [0.15, 0.2) is 0 Å². The maximum absolute atomic E-state index is 11.2. The van der Waals surface area contributed by atoms with Crippen molar-refractivity contribution in [2.75, 3.05) is 12.4 Å². The zero-order valence-corrected chi connectivity index (χ0v) is 28.1. The van der Waals surface area contributed by atoms with Crippen LogP contribution in [0.15, 0.2) is 11.6 Å². The molecule has 0 aliphatic heterocycles. The van der Waals surface area contributed by atoms with Crippen LogP contribution in [0.4, 0.5) is 0 Å². The fourth-order valence-corrected chi connectivity index (χ4v) is 11.0. The average molecular weight is 595 g/mol. The summed E-state index contributed by atoms with van der Waals surface area (Å²) in [6, 6.07) is 0. The summed E-state index contributed by atoms with van der Waals surface area (Å²) in [5.41, 5.74) is 1.92. The molecule has 0 aromatic carbocycles. The van der Waals surface area contributed by atoms with E-state index in [1.807, 2.05) is 13.8 Å². The van der Waals surface area contributed by atoms with Crippen molar-refractivity contribution in [3.05, 3.63) is 11.6 Å². The Kier molecular flexibility index (Phi) is 10.5. The van der Waals surface area contributed by atoms with Crippen molar-refractivity contribution in [1.82, 2.24) is 0 Å². The molecule has 2 N–H and O–H groups in total. The number of rotatable bonds is 13. The van der Waals surface area contributed by atoms with E-state index in [0.29, 0.717) is 23.9 Å². The molecule has 5 nitrogen and oxygen atoms in total. The van der Waals surface area contributed by atoms with Crippen LogP contribution < -0.4 is 0 Å². The summed E-state index contributed by atoms with van der Waals surface area (Å²) in [4.78, 5) is 0. The molecule has 0 aromatic rings. The molecule has 9 atom stereocenters. The topological polar surface area (TPSA) is 83.8 Å². The Hall–Kier alpha value is -0.430. The second-order valence-corrected chi connectivity index (χ2v) is 17.9. The molecule has 0 amide bonds. The van der Waals surface area contributed by atoms with Gasteiger partial charge in [-0.25, -0.2) is 0 Å². The number of hydrogen-bond acceptors (Lipinski definition) is 4. The first-order chi connectivity index (χ1) is 19.1. The predicted octanol–water partition coefficient (Wildman–Crippen LogP) is 8.47. The van der Waals surface area contributed by atoms with Gasteiger partial charge in [0.1, 0.15) is 5.75 Å². The van der Waals surface area contributed by atoms with Gasteiger partial charge in [-0.2, -0.15) is 8.42 Å². The van der Waals surface area contributed by atoms with E-state index in [-0.39, 0.29) is 6.10 Å². The van der Waals surface area contributed by atoms with Gasteiger partial charge in [-0.3, -0.25) is 4.55 Å². The van der Waals surface area contributed by atoms with Gasteiger partial charge in [0.05, 0.1) is 12.2 Å². The quantitative estimate of drug-likeness (QED) is 0.127. The lowest BCUT2D eigenvalue weighted by Gasteiger charge is -2.58. The van der Waals surface area contributed by atoms with Gasteiger partial charge in [-0.15, -0.1) is 0 Å². The Labute approximate surface area is 252 Å². The third-order valence-corrected chi connectivity index (χ3v) is 13.6. The highest BCUT2D eigenvalue weighted by molar-refractivity contribution is 7.85. The lowest BCUT2D eigenvalue weighted by atomic mass is 9.47. The minimum atomic E-state index is -4.19. The largest absolute Gasteiger partial charge is 0.391 e. The van der Waals surface area contributed by atoms with Gasteiger partial charge in [-0.05, 0) is 116 Å². The molecule has 6 heteroatoms. The zero-order valence-electron chi connectivity index (χ0n) is 27.3. The van der Waals surface area contributed by atoms with Crippen molar-refractivity contribution in [3.63, 3.8) is 0 Å². The first-order valence-electron chi connectivity index (χ1n) is 17.0. The highest BCUT2D eigenvalue weighted by atomic mass is 32.2. The molecule has 238 valence electrons. The predicted molar refractivity (Wildman–Crippen MR) is 168 cm³/mol. The molecular weight excluding hydrogens is 532 g/mol. The molecule has 3 fully saturated rings. The van der Waals surface area contributed by atoms with Crippen molar-refractivity contribution in [2.24, 2.45) is 51.8 Å². The summed E-state index contributed by atoms with van der Waals surface area (Å²) in [6.07, 6.45) is 17.7. The smallest absolute Gasteiger partial charge is 0.267 e. The van der Waals surface area contributed by atoms with Crippen LogP contribution in [0.1, 0.15) is 132 Å². The van der Waals surface area contributed by atoms with Gasteiger partial charge in [0.2, 0.25) is 0 Å². The fraction of sp³-hybridized carbons (Fsp3) is 0.943. The van der Waals surface area contributed by atoms with Crippen LogP contribution in [0.3, 0.4) is 0 Å². The minimum absolute atomic E-state index is 0.258. The molecule has 4 aliphatic rings. The number of hydrogen-bond donors (Lipinski definition) is 2. The summed E-state index contributed by atoms with van der Waals surface area (Å²) in [6.45, 7) is 16.9. The van der Waals surface area contributed by atoms with Crippen LogP contribution in [0, 0.1) is 51.8 Å². The number of aliphatic hydroxyl groups is 1. The average Bonchev–Trinajstić information content (AvgIpc) is 3.22. The Morgan fingerprint density at radius 3 is 2.44 bits per heavy atom. The van der Waals surface area contributed by atoms with Crippen molar-refractivity contribution >= 4 is 10.1 Å². The molecule has 0 spiro atoms.